The Morgan fingerprint density at radius 3 is 2.83 bits per heavy atom. The summed E-state index contributed by atoms with van der Waals surface area (Å²) in [6, 6.07) is 2.02. The number of fused-ring (bicyclic) bond motifs is 5. The molecular formula is C13H11N3OS. The highest BCUT2D eigenvalue weighted by molar-refractivity contribution is 7.90. The van der Waals surface area contributed by atoms with Gasteiger partial charge in [-0.2, -0.15) is 9.97 Å². The molecule has 4 nitrogen and oxygen atoms in total. The SMILES string of the molecule is C[S+]([O-])c1ncc2c(n1)C1(CC1)c1cnccc1-2. The summed E-state index contributed by atoms with van der Waals surface area (Å²) in [5, 5.41) is 0.431. The summed E-state index contributed by atoms with van der Waals surface area (Å²) in [4.78, 5) is 13.0. The molecule has 2 heterocycles. The van der Waals surface area contributed by atoms with Crippen LogP contribution >= 0.6 is 0 Å². The largest absolute Gasteiger partial charge is 0.609 e. The van der Waals surface area contributed by atoms with Gasteiger partial charge in [-0.15, -0.1) is 0 Å². The van der Waals surface area contributed by atoms with Crippen molar-refractivity contribution in [2.75, 3.05) is 6.26 Å². The van der Waals surface area contributed by atoms with Crippen molar-refractivity contribution >= 4 is 11.2 Å². The second kappa shape index (κ2) is 3.30. The van der Waals surface area contributed by atoms with Gasteiger partial charge in [0.2, 0.25) is 0 Å². The van der Waals surface area contributed by atoms with Crippen molar-refractivity contribution in [1.82, 2.24) is 15.0 Å². The third-order valence-corrected chi connectivity index (χ3v) is 4.56. The number of aromatic nitrogens is 3. The summed E-state index contributed by atoms with van der Waals surface area (Å²) in [7, 11) is 0. The second-order valence-electron chi connectivity index (χ2n) is 4.87. The van der Waals surface area contributed by atoms with E-state index in [-0.39, 0.29) is 5.41 Å². The van der Waals surface area contributed by atoms with Crippen LogP contribution in [-0.4, -0.2) is 25.8 Å². The molecule has 1 fully saturated rings. The van der Waals surface area contributed by atoms with Crippen LogP contribution in [-0.2, 0) is 16.6 Å². The van der Waals surface area contributed by atoms with Crippen molar-refractivity contribution in [3.05, 3.63) is 35.9 Å². The van der Waals surface area contributed by atoms with E-state index in [0.717, 1.165) is 24.1 Å². The number of hydrogen-bond donors (Lipinski definition) is 0. The summed E-state index contributed by atoms with van der Waals surface area (Å²) in [6.07, 6.45) is 9.37. The first-order valence-corrected chi connectivity index (χ1v) is 7.44. The van der Waals surface area contributed by atoms with Crippen LogP contribution in [0.5, 0.6) is 0 Å². The minimum atomic E-state index is -1.13. The zero-order chi connectivity index (χ0) is 12.3. The van der Waals surface area contributed by atoms with Crippen LogP contribution in [0.4, 0.5) is 0 Å². The summed E-state index contributed by atoms with van der Waals surface area (Å²) < 4.78 is 11.5. The fourth-order valence-electron chi connectivity index (χ4n) is 2.84. The van der Waals surface area contributed by atoms with Gasteiger partial charge in [-0.3, -0.25) is 4.98 Å². The Morgan fingerprint density at radius 2 is 2.11 bits per heavy atom. The average molecular weight is 257 g/mol. The molecule has 90 valence electrons. The fraction of sp³-hybridized carbons (Fsp3) is 0.308. The summed E-state index contributed by atoms with van der Waals surface area (Å²) in [5.74, 6) is 0. The molecule has 18 heavy (non-hydrogen) atoms. The Balaban J connectivity index is 2.00. The lowest BCUT2D eigenvalue weighted by Crippen LogP contribution is -2.11. The number of pyridine rings is 1. The molecule has 5 heteroatoms. The van der Waals surface area contributed by atoms with Crippen molar-refractivity contribution in [2.24, 2.45) is 0 Å². The first-order valence-electron chi connectivity index (χ1n) is 5.88. The third-order valence-electron chi connectivity index (χ3n) is 3.85. The van der Waals surface area contributed by atoms with Gasteiger partial charge >= 0.3 is 5.16 Å². The highest BCUT2D eigenvalue weighted by atomic mass is 32.2. The van der Waals surface area contributed by atoms with E-state index in [1.54, 1.807) is 12.5 Å². The number of nitrogens with zero attached hydrogens (tertiary/aromatic N) is 3. The Kier molecular flexibility index (Phi) is 1.92. The minimum Gasteiger partial charge on any atom is -0.609 e. The van der Waals surface area contributed by atoms with E-state index in [1.807, 2.05) is 18.5 Å². The number of rotatable bonds is 1. The van der Waals surface area contributed by atoms with E-state index in [9.17, 15) is 4.55 Å². The van der Waals surface area contributed by atoms with Gasteiger partial charge in [0.1, 0.15) is 6.26 Å². The zero-order valence-electron chi connectivity index (χ0n) is 9.88. The molecule has 0 bridgehead atoms. The van der Waals surface area contributed by atoms with Gasteiger partial charge in [-0.05, 0) is 30.0 Å². The highest BCUT2D eigenvalue weighted by Crippen LogP contribution is 2.61. The lowest BCUT2D eigenvalue weighted by atomic mass is 9.99. The molecule has 0 N–H and O–H groups in total. The van der Waals surface area contributed by atoms with Crippen LogP contribution in [0.1, 0.15) is 24.1 Å². The molecule has 4 rings (SSSR count). The predicted octanol–water partition coefficient (Wildman–Crippen LogP) is 1.67. The molecular weight excluding hydrogens is 246 g/mol. The average Bonchev–Trinajstić information content (AvgIpc) is 3.14. The molecule has 2 aliphatic carbocycles. The summed E-state index contributed by atoms with van der Waals surface area (Å²) in [5.41, 5.74) is 4.61. The topological polar surface area (TPSA) is 61.7 Å². The van der Waals surface area contributed by atoms with E-state index in [1.165, 1.54) is 11.1 Å². The van der Waals surface area contributed by atoms with Crippen LogP contribution in [0.25, 0.3) is 11.1 Å². The van der Waals surface area contributed by atoms with E-state index >= 15 is 0 Å². The lowest BCUT2D eigenvalue weighted by Gasteiger charge is -2.09. The Morgan fingerprint density at radius 1 is 1.28 bits per heavy atom. The van der Waals surface area contributed by atoms with Gasteiger partial charge in [0.15, 0.2) is 0 Å². The van der Waals surface area contributed by atoms with Gasteiger partial charge in [-0.25, -0.2) is 0 Å². The molecule has 2 aliphatic rings. The summed E-state index contributed by atoms with van der Waals surface area (Å²) in [6.45, 7) is 0. The third kappa shape index (κ3) is 1.18. The molecule has 0 amide bonds. The van der Waals surface area contributed by atoms with Gasteiger partial charge in [-0.1, -0.05) is 0 Å². The van der Waals surface area contributed by atoms with Crippen LogP contribution < -0.4 is 0 Å². The Labute approximate surface area is 108 Å². The maximum atomic E-state index is 11.5. The van der Waals surface area contributed by atoms with Gasteiger partial charge in [0.05, 0.1) is 5.69 Å². The zero-order valence-corrected chi connectivity index (χ0v) is 10.7. The molecule has 0 radical (unpaired) electrons. The van der Waals surface area contributed by atoms with E-state index in [2.05, 4.69) is 15.0 Å². The van der Waals surface area contributed by atoms with Gasteiger partial charge in [0, 0.05) is 40.7 Å². The van der Waals surface area contributed by atoms with E-state index < -0.39 is 11.2 Å². The first-order chi connectivity index (χ1) is 8.72. The van der Waals surface area contributed by atoms with Gasteiger partial charge in [0.25, 0.3) is 0 Å². The first kappa shape index (κ1) is 10.5. The normalized spacial score (nSPS) is 19.4. The molecule has 1 atom stereocenters. The van der Waals surface area contributed by atoms with Crippen LogP contribution in [0.2, 0.25) is 0 Å². The highest BCUT2D eigenvalue weighted by Gasteiger charge is 2.54. The van der Waals surface area contributed by atoms with Crippen molar-refractivity contribution in [3.8, 4) is 11.1 Å². The standard InChI is InChI=1S/C13H11N3OS/c1-18(17)12-15-6-9-8-2-5-14-7-10(8)13(3-4-13)11(9)16-12/h2,5-7H,3-4H2,1H3. The summed E-state index contributed by atoms with van der Waals surface area (Å²) >= 11 is -1.13. The number of hydrogen-bond acceptors (Lipinski definition) is 4. The van der Waals surface area contributed by atoms with Crippen molar-refractivity contribution < 1.29 is 4.55 Å². The molecule has 2 aromatic rings. The smallest absolute Gasteiger partial charge is 0.342 e. The van der Waals surface area contributed by atoms with Crippen molar-refractivity contribution in [1.29, 1.82) is 0 Å². The van der Waals surface area contributed by atoms with Crippen molar-refractivity contribution in [2.45, 2.75) is 23.4 Å². The molecule has 1 spiro atoms. The van der Waals surface area contributed by atoms with E-state index in [0.29, 0.717) is 5.16 Å². The monoisotopic (exact) mass is 257 g/mol. The lowest BCUT2D eigenvalue weighted by molar-refractivity contribution is 0.590. The van der Waals surface area contributed by atoms with E-state index in [4.69, 9.17) is 0 Å². The van der Waals surface area contributed by atoms with Crippen LogP contribution in [0.3, 0.4) is 0 Å². The second-order valence-corrected chi connectivity index (χ2v) is 6.15. The van der Waals surface area contributed by atoms with Crippen LogP contribution in [0, 0.1) is 0 Å². The maximum Gasteiger partial charge on any atom is 0.342 e. The predicted molar refractivity (Wildman–Crippen MR) is 67.6 cm³/mol. The molecule has 0 aromatic carbocycles. The quantitative estimate of drug-likeness (QED) is 0.576. The molecule has 2 aromatic heterocycles. The fourth-order valence-corrected chi connectivity index (χ4v) is 3.26. The minimum absolute atomic E-state index is 0.0377. The maximum absolute atomic E-state index is 11.5. The molecule has 1 saturated carbocycles. The Hall–Kier alpha value is -1.46. The molecule has 0 aliphatic heterocycles. The van der Waals surface area contributed by atoms with Crippen molar-refractivity contribution in [3.63, 3.8) is 0 Å². The molecule has 1 unspecified atom stereocenters. The van der Waals surface area contributed by atoms with Crippen LogP contribution in [0.15, 0.2) is 29.8 Å². The Bertz CT molecular complexity index is 652. The van der Waals surface area contributed by atoms with Gasteiger partial charge < -0.3 is 4.55 Å². The molecule has 0 saturated heterocycles.